The summed E-state index contributed by atoms with van der Waals surface area (Å²) in [6.45, 7) is 10.1. The van der Waals surface area contributed by atoms with Crippen LogP contribution in [0, 0.1) is 11.8 Å². The van der Waals surface area contributed by atoms with E-state index in [1.54, 1.807) is 23.5 Å². The van der Waals surface area contributed by atoms with Crippen molar-refractivity contribution in [1.29, 1.82) is 0 Å². The van der Waals surface area contributed by atoms with Crippen LogP contribution in [0.5, 0.6) is 0 Å². The quantitative estimate of drug-likeness (QED) is 0.201. The molecular weight excluding hydrogens is 478 g/mol. The summed E-state index contributed by atoms with van der Waals surface area (Å²) in [5.74, 6) is 3.05. The number of nitrogens with one attached hydrogen (secondary N) is 1. The Kier molecular flexibility index (Phi) is 10.3. The van der Waals surface area contributed by atoms with Crippen LogP contribution in [0.1, 0.15) is 46.5 Å². The smallest absolute Gasteiger partial charge is 0.150 e. The van der Waals surface area contributed by atoms with Crippen molar-refractivity contribution >= 4 is 39.4 Å². The zero-order chi connectivity index (χ0) is 25.2. The average Bonchev–Trinajstić information content (AvgIpc) is 3.56. The Morgan fingerprint density at radius 3 is 2.31 bits per heavy atom. The summed E-state index contributed by atoms with van der Waals surface area (Å²) in [4.78, 5) is 3.69. The van der Waals surface area contributed by atoms with Gasteiger partial charge in [0.2, 0.25) is 0 Å². The van der Waals surface area contributed by atoms with Crippen molar-refractivity contribution in [2.75, 3.05) is 24.5 Å². The molecule has 2 atom stereocenters. The van der Waals surface area contributed by atoms with Gasteiger partial charge in [0.15, 0.2) is 0 Å². The van der Waals surface area contributed by atoms with E-state index in [4.69, 9.17) is 0 Å². The third-order valence-electron chi connectivity index (χ3n) is 6.72. The van der Waals surface area contributed by atoms with Gasteiger partial charge >= 0.3 is 0 Å². The van der Waals surface area contributed by atoms with Gasteiger partial charge in [-0.3, -0.25) is 4.72 Å². The van der Waals surface area contributed by atoms with Gasteiger partial charge in [-0.1, -0.05) is 81.8 Å². The molecule has 0 bridgehead atoms. The minimum Gasteiger partial charge on any atom is -0.355 e. The van der Waals surface area contributed by atoms with Crippen LogP contribution in [0.15, 0.2) is 83.8 Å². The molecule has 1 heterocycles. The molecule has 4 aromatic rings. The van der Waals surface area contributed by atoms with Gasteiger partial charge in [-0.05, 0) is 90.0 Å². The Bertz CT molecular complexity index is 1180. The molecule has 3 aromatic carbocycles. The molecule has 3 nitrogen and oxygen atoms in total. The van der Waals surface area contributed by atoms with E-state index in [0.717, 1.165) is 31.5 Å². The fourth-order valence-corrected chi connectivity index (χ4v) is 6.22. The maximum atomic E-state index is 4.60. The van der Waals surface area contributed by atoms with Gasteiger partial charge in [0.25, 0.3) is 0 Å². The van der Waals surface area contributed by atoms with Crippen LogP contribution in [0.4, 0.5) is 5.82 Å². The molecule has 1 aromatic heterocycles. The molecule has 36 heavy (non-hydrogen) atoms. The van der Waals surface area contributed by atoms with Crippen LogP contribution in [0.3, 0.4) is 0 Å². The van der Waals surface area contributed by atoms with Crippen LogP contribution in [-0.2, 0) is 0 Å². The molecule has 0 aliphatic heterocycles. The number of hydrogen-bond acceptors (Lipinski definition) is 5. The largest absolute Gasteiger partial charge is 0.355 e. The lowest BCUT2D eigenvalue weighted by atomic mass is 10.1. The lowest BCUT2D eigenvalue weighted by Gasteiger charge is -2.21. The van der Waals surface area contributed by atoms with Crippen molar-refractivity contribution in [2.45, 2.75) is 51.3 Å². The van der Waals surface area contributed by atoms with Crippen LogP contribution in [0.2, 0.25) is 0 Å². The van der Waals surface area contributed by atoms with Crippen molar-refractivity contribution in [1.82, 2.24) is 9.10 Å². The zero-order valence-corrected chi connectivity index (χ0v) is 23.5. The molecule has 190 valence electrons. The first-order valence-electron chi connectivity index (χ1n) is 13.4. The average molecular weight is 518 g/mol. The highest BCUT2D eigenvalue weighted by Gasteiger charge is 2.34. The molecule has 1 N–H and O–H groups in total. The molecule has 1 fully saturated rings. The van der Waals surface area contributed by atoms with Crippen molar-refractivity contribution in [2.24, 2.45) is 11.8 Å². The first-order chi connectivity index (χ1) is 17.7. The summed E-state index contributed by atoms with van der Waals surface area (Å²) in [5, 5.41) is 1.30. The Morgan fingerprint density at radius 2 is 1.58 bits per heavy atom. The number of aromatic nitrogens is 1. The monoisotopic (exact) mass is 517 g/mol. The first-order valence-corrected chi connectivity index (χ1v) is 15.0. The van der Waals surface area contributed by atoms with E-state index in [9.17, 15) is 0 Å². The molecule has 1 aliphatic rings. The molecule has 0 spiro atoms. The summed E-state index contributed by atoms with van der Waals surface area (Å²) in [5.41, 5.74) is 2.57. The first kappa shape index (κ1) is 26.7. The summed E-state index contributed by atoms with van der Waals surface area (Å²) >= 11 is 3.36. The minimum atomic E-state index is 0.907. The summed E-state index contributed by atoms with van der Waals surface area (Å²) in [7, 11) is 0. The Balaban J connectivity index is 0.000000174. The fraction of sp³-hybridized carbons (Fsp3) is 0.387. The van der Waals surface area contributed by atoms with Gasteiger partial charge in [0, 0.05) is 29.9 Å². The molecular formula is C31H39N3S2. The number of hydrogen-bond donors (Lipinski definition) is 1. The number of fused-ring (bicyclic) bond motifs is 1. The van der Waals surface area contributed by atoms with E-state index in [0.29, 0.717) is 0 Å². The van der Waals surface area contributed by atoms with Crippen molar-refractivity contribution in [3.8, 4) is 11.1 Å². The Hall–Kier alpha value is -2.34. The standard InChI is InChI=1S/C18H21NS.C13H18N2S/c1-2-14-11-17(14)13-19-20-18-10-6-9-16(12-18)15-7-4-3-5-8-15;1-3-9-15(10-4-2)13-11-7-5-6-8-12(11)16-14-13/h3-10,12,14,17,19H,2,11,13H2,1H3;5-8H,3-4,9-10H2,1-2H3. The van der Waals surface area contributed by atoms with Crippen LogP contribution >= 0.6 is 23.5 Å². The second kappa shape index (κ2) is 13.8. The van der Waals surface area contributed by atoms with E-state index in [1.165, 1.54) is 57.6 Å². The Labute approximate surface area is 225 Å². The van der Waals surface area contributed by atoms with Crippen molar-refractivity contribution in [3.63, 3.8) is 0 Å². The lowest BCUT2D eigenvalue weighted by molar-refractivity contribution is 0.671. The lowest BCUT2D eigenvalue weighted by Crippen LogP contribution is -2.25. The summed E-state index contributed by atoms with van der Waals surface area (Å²) < 4.78 is 9.41. The maximum absolute atomic E-state index is 4.60. The Morgan fingerprint density at radius 1 is 0.861 bits per heavy atom. The second-order valence-corrected chi connectivity index (χ2v) is 11.3. The summed E-state index contributed by atoms with van der Waals surface area (Å²) in [6, 6.07) is 27.8. The highest BCUT2D eigenvalue weighted by Crippen LogP contribution is 2.40. The number of anilines is 1. The fourth-order valence-electron chi connectivity index (χ4n) is 4.63. The van der Waals surface area contributed by atoms with E-state index in [-0.39, 0.29) is 0 Å². The highest BCUT2D eigenvalue weighted by molar-refractivity contribution is 7.97. The van der Waals surface area contributed by atoms with Crippen LogP contribution in [0.25, 0.3) is 21.2 Å². The molecule has 5 heteroatoms. The third kappa shape index (κ3) is 7.34. The zero-order valence-electron chi connectivity index (χ0n) is 21.8. The van der Waals surface area contributed by atoms with Crippen LogP contribution < -0.4 is 9.62 Å². The molecule has 2 unspecified atom stereocenters. The van der Waals surface area contributed by atoms with E-state index < -0.39 is 0 Å². The molecule has 5 rings (SSSR count). The molecule has 0 amide bonds. The maximum Gasteiger partial charge on any atom is 0.150 e. The van der Waals surface area contributed by atoms with E-state index in [1.807, 2.05) is 0 Å². The van der Waals surface area contributed by atoms with Gasteiger partial charge < -0.3 is 4.90 Å². The number of nitrogens with zero attached hydrogens (tertiary/aromatic N) is 2. The van der Waals surface area contributed by atoms with Gasteiger partial charge in [-0.2, -0.15) is 4.37 Å². The molecule has 0 radical (unpaired) electrons. The third-order valence-corrected chi connectivity index (χ3v) is 8.33. The summed E-state index contributed by atoms with van der Waals surface area (Å²) in [6.07, 6.45) is 5.09. The molecule has 1 saturated carbocycles. The number of benzene rings is 3. The van der Waals surface area contributed by atoms with E-state index >= 15 is 0 Å². The van der Waals surface area contributed by atoms with Gasteiger partial charge in [0.05, 0.1) is 4.70 Å². The second-order valence-electron chi connectivity index (χ2n) is 9.50. The van der Waals surface area contributed by atoms with Crippen molar-refractivity contribution in [3.05, 3.63) is 78.9 Å². The topological polar surface area (TPSA) is 28.2 Å². The normalized spacial score (nSPS) is 16.4. The predicted octanol–water partition coefficient (Wildman–Crippen LogP) is 8.92. The van der Waals surface area contributed by atoms with Gasteiger partial charge in [-0.15, -0.1) is 0 Å². The number of rotatable bonds is 11. The minimum absolute atomic E-state index is 0.907. The van der Waals surface area contributed by atoms with E-state index in [2.05, 4.69) is 114 Å². The molecule has 1 aliphatic carbocycles. The van der Waals surface area contributed by atoms with Crippen molar-refractivity contribution < 1.29 is 0 Å². The molecule has 0 saturated heterocycles. The van der Waals surface area contributed by atoms with Gasteiger partial charge in [-0.25, -0.2) is 0 Å². The van der Waals surface area contributed by atoms with Gasteiger partial charge in [0.1, 0.15) is 5.82 Å². The predicted molar refractivity (Wildman–Crippen MR) is 160 cm³/mol. The van der Waals surface area contributed by atoms with Crippen LogP contribution in [-0.4, -0.2) is 24.0 Å². The SMILES string of the molecule is CCC1CC1CNSc1cccc(-c2ccccc2)c1.CCCN(CCC)c1nsc2ccccc12. The highest BCUT2D eigenvalue weighted by atomic mass is 32.2.